The first-order valence-corrected chi connectivity index (χ1v) is 8.25. The van der Waals surface area contributed by atoms with Crippen molar-refractivity contribution < 1.29 is 5.11 Å². The molecule has 0 amide bonds. The number of aryl methyl sites for hydroxylation is 2. The maximum Gasteiger partial charge on any atom is 0.229 e. The van der Waals surface area contributed by atoms with Gasteiger partial charge in [-0.25, -0.2) is 4.98 Å². The Morgan fingerprint density at radius 2 is 1.88 bits per heavy atom. The number of nitrogens with zero attached hydrogens (tertiary/aromatic N) is 2. The molecular weight excluding hydrogens is 312 g/mol. The number of hydrogen-bond donors (Lipinski definition) is 3. The Morgan fingerprint density at radius 1 is 1.04 bits per heavy atom. The molecule has 5 nitrogen and oxygen atoms in total. The van der Waals surface area contributed by atoms with Gasteiger partial charge in [-0.3, -0.25) is 0 Å². The van der Waals surface area contributed by atoms with E-state index < -0.39 is 0 Å². The predicted octanol–water partition coefficient (Wildman–Crippen LogP) is 3.98. The third kappa shape index (κ3) is 4.33. The van der Waals surface area contributed by atoms with Crippen LogP contribution in [0.2, 0.25) is 0 Å². The van der Waals surface area contributed by atoms with E-state index in [1.807, 2.05) is 62.4 Å². The van der Waals surface area contributed by atoms with Crippen molar-refractivity contribution in [2.75, 3.05) is 17.2 Å². The molecule has 2 aromatic carbocycles. The molecule has 25 heavy (non-hydrogen) atoms. The highest BCUT2D eigenvalue weighted by Gasteiger charge is 2.13. The minimum Gasteiger partial charge on any atom is -0.394 e. The van der Waals surface area contributed by atoms with Gasteiger partial charge in [-0.2, -0.15) is 4.98 Å². The second-order valence-corrected chi connectivity index (χ2v) is 6.00. The molecule has 0 aliphatic carbocycles. The first-order chi connectivity index (χ1) is 12.2. The molecule has 0 saturated heterocycles. The van der Waals surface area contributed by atoms with Crippen molar-refractivity contribution in [1.29, 1.82) is 0 Å². The molecule has 0 bridgehead atoms. The van der Waals surface area contributed by atoms with Crippen molar-refractivity contribution in [1.82, 2.24) is 9.97 Å². The summed E-state index contributed by atoms with van der Waals surface area (Å²) in [5.74, 6) is 1.17. The predicted molar refractivity (Wildman–Crippen MR) is 101 cm³/mol. The Bertz CT molecular complexity index is 850. The van der Waals surface area contributed by atoms with E-state index in [1.165, 1.54) is 5.56 Å². The van der Waals surface area contributed by atoms with Crippen molar-refractivity contribution >= 4 is 17.5 Å². The Balaban J connectivity index is 1.78. The van der Waals surface area contributed by atoms with Crippen molar-refractivity contribution in [3.05, 3.63) is 77.5 Å². The number of anilines is 3. The zero-order chi connectivity index (χ0) is 17.6. The zero-order valence-electron chi connectivity index (χ0n) is 14.4. The van der Waals surface area contributed by atoms with Gasteiger partial charge in [0.2, 0.25) is 5.95 Å². The van der Waals surface area contributed by atoms with Crippen molar-refractivity contribution in [2.45, 2.75) is 19.9 Å². The van der Waals surface area contributed by atoms with E-state index in [0.717, 1.165) is 16.8 Å². The summed E-state index contributed by atoms with van der Waals surface area (Å²) >= 11 is 0. The van der Waals surface area contributed by atoms with E-state index in [0.29, 0.717) is 11.8 Å². The highest BCUT2D eigenvalue weighted by atomic mass is 16.3. The molecule has 0 radical (unpaired) electrons. The number of nitrogens with one attached hydrogen (secondary N) is 2. The molecule has 0 aliphatic heterocycles. The molecule has 1 unspecified atom stereocenters. The highest BCUT2D eigenvalue weighted by Crippen LogP contribution is 2.22. The van der Waals surface area contributed by atoms with Crippen LogP contribution in [0, 0.1) is 13.8 Å². The first-order valence-electron chi connectivity index (χ1n) is 8.25. The third-order valence-corrected chi connectivity index (χ3v) is 4.00. The van der Waals surface area contributed by atoms with E-state index in [2.05, 4.69) is 20.6 Å². The van der Waals surface area contributed by atoms with E-state index in [4.69, 9.17) is 0 Å². The van der Waals surface area contributed by atoms with Crippen LogP contribution in [0.25, 0.3) is 0 Å². The number of rotatable bonds is 6. The van der Waals surface area contributed by atoms with Gasteiger partial charge < -0.3 is 15.7 Å². The fourth-order valence-corrected chi connectivity index (χ4v) is 2.73. The van der Waals surface area contributed by atoms with Crippen LogP contribution >= 0.6 is 0 Å². The number of aromatic nitrogens is 2. The van der Waals surface area contributed by atoms with E-state index in [-0.39, 0.29) is 12.6 Å². The van der Waals surface area contributed by atoms with Gasteiger partial charge >= 0.3 is 0 Å². The fourth-order valence-electron chi connectivity index (χ4n) is 2.73. The number of aliphatic hydroxyl groups is 1. The molecule has 0 aliphatic rings. The summed E-state index contributed by atoms with van der Waals surface area (Å²) < 4.78 is 0. The van der Waals surface area contributed by atoms with Crippen molar-refractivity contribution in [3.63, 3.8) is 0 Å². The summed E-state index contributed by atoms with van der Waals surface area (Å²) in [6.07, 6.45) is 1.69. The molecule has 3 N–H and O–H groups in total. The number of aliphatic hydroxyl groups excluding tert-OH is 1. The first kappa shape index (κ1) is 16.9. The van der Waals surface area contributed by atoms with Crippen molar-refractivity contribution in [2.24, 2.45) is 0 Å². The average Bonchev–Trinajstić information content (AvgIpc) is 2.61. The topological polar surface area (TPSA) is 70.1 Å². The maximum atomic E-state index is 9.78. The average molecular weight is 334 g/mol. The molecule has 5 heteroatoms. The van der Waals surface area contributed by atoms with E-state index in [9.17, 15) is 5.11 Å². The van der Waals surface area contributed by atoms with Gasteiger partial charge in [0.05, 0.1) is 12.6 Å². The zero-order valence-corrected chi connectivity index (χ0v) is 14.4. The van der Waals surface area contributed by atoms with Gasteiger partial charge in [-0.15, -0.1) is 0 Å². The molecule has 0 saturated carbocycles. The third-order valence-electron chi connectivity index (χ3n) is 4.00. The molecule has 1 atom stereocenters. The summed E-state index contributed by atoms with van der Waals surface area (Å²) in [6.45, 7) is 4.05. The minimum absolute atomic E-state index is 0.0184. The molecule has 3 aromatic rings. The molecular formula is C20H22N4O. The summed E-state index contributed by atoms with van der Waals surface area (Å²) in [5.41, 5.74) is 4.28. The largest absolute Gasteiger partial charge is 0.394 e. The molecule has 0 fully saturated rings. The van der Waals surface area contributed by atoms with E-state index >= 15 is 0 Å². The van der Waals surface area contributed by atoms with Crippen LogP contribution in [0.5, 0.6) is 0 Å². The highest BCUT2D eigenvalue weighted by molar-refractivity contribution is 5.55. The van der Waals surface area contributed by atoms with Gasteiger partial charge in [0, 0.05) is 11.9 Å². The second-order valence-electron chi connectivity index (χ2n) is 6.00. The van der Waals surface area contributed by atoms with Gasteiger partial charge in [0.25, 0.3) is 0 Å². The lowest BCUT2D eigenvalue weighted by Gasteiger charge is -2.19. The number of hydrogen-bond acceptors (Lipinski definition) is 5. The van der Waals surface area contributed by atoms with Crippen LogP contribution in [0.1, 0.15) is 22.7 Å². The Labute approximate surface area is 147 Å². The van der Waals surface area contributed by atoms with Gasteiger partial charge in [0.15, 0.2) is 0 Å². The summed E-state index contributed by atoms with van der Waals surface area (Å²) in [7, 11) is 0. The molecule has 128 valence electrons. The molecule has 3 rings (SSSR count). The van der Waals surface area contributed by atoms with Crippen LogP contribution in [-0.4, -0.2) is 21.7 Å². The molecule has 1 heterocycles. The van der Waals surface area contributed by atoms with Crippen LogP contribution in [0.4, 0.5) is 17.5 Å². The fraction of sp³-hybridized carbons (Fsp3) is 0.200. The van der Waals surface area contributed by atoms with Crippen LogP contribution < -0.4 is 10.6 Å². The van der Waals surface area contributed by atoms with Crippen LogP contribution in [0.3, 0.4) is 0 Å². The maximum absolute atomic E-state index is 9.78. The van der Waals surface area contributed by atoms with E-state index in [1.54, 1.807) is 12.3 Å². The standard InChI is InChI=1S/C20H22N4O/c1-14-6-5-8-16(12-14)22-20-21-11-10-19(24-20)23-18(13-25)17-9-4-3-7-15(17)2/h3-12,18,25H,13H2,1-2H3,(H2,21,22,23,24). The van der Waals surface area contributed by atoms with Crippen molar-refractivity contribution in [3.8, 4) is 0 Å². The monoisotopic (exact) mass is 334 g/mol. The summed E-state index contributed by atoms with van der Waals surface area (Å²) in [5, 5.41) is 16.3. The minimum atomic E-state index is -0.220. The molecule has 0 spiro atoms. The van der Waals surface area contributed by atoms with Gasteiger partial charge in [0.1, 0.15) is 5.82 Å². The SMILES string of the molecule is Cc1cccc(Nc2nccc(NC(CO)c3ccccc3C)n2)c1. The quantitative estimate of drug-likeness (QED) is 0.636. The smallest absolute Gasteiger partial charge is 0.229 e. The lowest BCUT2D eigenvalue weighted by molar-refractivity contribution is 0.276. The van der Waals surface area contributed by atoms with Gasteiger partial charge in [-0.05, 0) is 48.7 Å². The normalized spacial score (nSPS) is 11.8. The van der Waals surface area contributed by atoms with Crippen LogP contribution in [0.15, 0.2) is 60.8 Å². The summed E-state index contributed by atoms with van der Waals surface area (Å²) in [6, 6.07) is 17.6. The lowest BCUT2D eigenvalue weighted by atomic mass is 10.0. The van der Waals surface area contributed by atoms with Gasteiger partial charge in [-0.1, -0.05) is 36.4 Å². The Kier molecular flexibility index (Phi) is 5.26. The Morgan fingerprint density at radius 3 is 2.64 bits per heavy atom. The summed E-state index contributed by atoms with van der Waals surface area (Å²) in [4.78, 5) is 8.76. The Hall–Kier alpha value is -2.92. The van der Waals surface area contributed by atoms with Crippen LogP contribution in [-0.2, 0) is 0 Å². The number of benzene rings is 2. The second kappa shape index (κ2) is 7.77. The molecule has 1 aromatic heterocycles. The lowest BCUT2D eigenvalue weighted by Crippen LogP contribution is -2.17.